The average molecular weight is 250 g/mol. The number of hydrogen-bond acceptors (Lipinski definition) is 4. The summed E-state index contributed by atoms with van der Waals surface area (Å²) >= 11 is 1.75. The Labute approximate surface area is 106 Å². The Kier molecular flexibility index (Phi) is 4.03. The first-order chi connectivity index (χ1) is 8.33. The van der Waals surface area contributed by atoms with E-state index in [1.54, 1.807) is 11.3 Å². The number of nitrogens with one attached hydrogen (secondary N) is 1. The molecule has 2 aromatic rings. The molecule has 5 heteroatoms. The molecule has 2 aromatic heterocycles. The summed E-state index contributed by atoms with van der Waals surface area (Å²) in [6.45, 7) is 7.14. The molecule has 92 valence electrons. The molecule has 0 saturated heterocycles. The fourth-order valence-corrected chi connectivity index (χ4v) is 2.60. The average Bonchev–Trinajstić information content (AvgIpc) is 2.99. The van der Waals surface area contributed by atoms with Gasteiger partial charge in [-0.1, -0.05) is 0 Å². The van der Waals surface area contributed by atoms with Gasteiger partial charge in [-0.3, -0.25) is 4.68 Å². The lowest BCUT2D eigenvalue weighted by Crippen LogP contribution is -2.21. The van der Waals surface area contributed by atoms with Crippen molar-refractivity contribution in [1.29, 1.82) is 0 Å². The van der Waals surface area contributed by atoms with Crippen molar-refractivity contribution in [2.75, 3.05) is 23.4 Å². The van der Waals surface area contributed by atoms with Crippen LogP contribution >= 0.6 is 11.3 Å². The molecule has 1 N–H and O–H groups in total. The molecular weight excluding hydrogens is 232 g/mol. The molecule has 0 atom stereocenters. The molecule has 0 saturated carbocycles. The van der Waals surface area contributed by atoms with Crippen molar-refractivity contribution >= 4 is 16.5 Å². The van der Waals surface area contributed by atoms with E-state index in [0.29, 0.717) is 0 Å². The van der Waals surface area contributed by atoms with Gasteiger partial charge in [-0.2, -0.15) is 0 Å². The minimum Gasteiger partial charge on any atom is -0.349 e. The first-order valence-electron chi connectivity index (χ1n) is 5.90. The van der Waals surface area contributed by atoms with Gasteiger partial charge in [0.05, 0.1) is 6.54 Å². The summed E-state index contributed by atoms with van der Waals surface area (Å²) in [6.07, 6.45) is 5.94. The molecule has 0 aromatic carbocycles. The van der Waals surface area contributed by atoms with Crippen molar-refractivity contribution in [3.63, 3.8) is 0 Å². The lowest BCUT2D eigenvalue weighted by molar-refractivity contribution is 0.852. The van der Waals surface area contributed by atoms with Crippen molar-refractivity contribution in [2.24, 2.45) is 0 Å². The number of thiazole rings is 1. The largest absolute Gasteiger partial charge is 0.349 e. The van der Waals surface area contributed by atoms with Crippen molar-refractivity contribution in [1.82, 2.24) is 9.66 Å². The van der Waals surface area contributed by atoms with Crippen molar-refractivity contribution in [3.8, 4) is 0 Å². The van der Waals surface area contributed by atoms with Crippen LogP contribution in [0.15, 0.2) is 30.7 Å². The quantitative estimate of drug-likeness (QED) is 0.855. The number of aromatic nitrogens is 2. The van der Waals surface area contributed by atoms with Crippen LogP contribution in [0.4, 0.5) is 5.13 Å². The fraction of sp³-hybridized carbons (Fsp3) is 0.417. The van der Waals surface area contributed by atoms with Gasteiger partial charge in [0.2, 0.25) is 0 Å². The number of rotatable bonds is 6. The first kappa shape index (κ1) is 12.0. The third-order valence-electron chi connectivity index (χ3n) is 2.62. The van der Waals surface area contributed by atoms with Crippen LogP contribution in [-0.4, -0.2) is 22.7 Å². The highest BCUT2D eigenvalue weighted by atomic mass is 32.1. The van der Waals surface area contributed by atoms with Crippen LogP contribution in [0.3, 0.4) is 0 Å². The van der Waals surface area contributed by atoms with E-state index in [0.717, 1.165) is 24.8 Å². The Morgan fingerprint density at radius 3 is 2.65 bits per heavy atom. The minimum absolute atomic E-state index is 0.813. The van der Waals surface area contributed by atoms with Gasteiger partial charge in [0.15, 0.2) is 5.13 Å². The summed E-state index contributed by atoms with van der Waals surface area (Å²) in [6, 6.07) is 4.00. The third kappa shape index (κ3) is 3.00. The minimum atomic E-state index is 0.813. The molecule has 0 bridgehead atoms. The number of hydrogen-bond donors (Lipinski definition) is 1. The molecule has 0 aliphatic rings. The van der Waals surface area contributed by atoms with E-state index >= 15 is 0 Å². The van der Waals surface area contributed by atoms with E-state index in [9.17, 15) is 0 Å². The van der Waals surface area contributed by atoms with Crippen LogP contribution in [0.25, 0.3) is 0 Å². The Morgan fingerprint density at radius 2 is 2.00 bits per heavy atom. The summed E-state index contributed by atoms with van der Waals surface area (Å²) in [4.78, 5) is 7.97. The van der Waals surface area contributed by atoms with Gasteiger partial charge in [0, 0.05) is 36.6 Å². The van der Waals surface area contributed by atoms with E-state index in [4.69, 9.17) is 0 Å². The molecule has 0 aliphatic carbocycles. The summed E-state index contributed by atoms with van der Waals surface area (Å²) < 4.78 is 1.96. The van der Waals surface area contributed by atoms with Crippen molar-refractivity contribution in [3.05, 3.63) is 35.6 Å². The maximum atomic E-state index is 4.45. The predicted octanol–water partition coefficient (Wildman–Crippen LogP) is 2.53. The molecule has 0 amide bonds. The van der Waals surface area contributed by atoms with Gasteiger partial charge < -0.3 is 10.3 Å². The summed E-state index contributed by atoms with van der Waals surface area (Å²) in [7, 11) is 0. The van der Waals surface area contributed by atoms with E-state index in [2.05, 4.69) is 29.2 Å². The lowest BCUT2D eigenvalue weighted by atomic mass is 10.5. The Hall–Kier alpha value is -1.49. The molecule has 0 fully saturated rings. The summed E-state index contributed by atoms with van der Waals surface area (Å²) in [5.41, 5.74) is 3.30. The maximum Gasteiger partial charge on any atom is 0.185 e. The lowest BCUT2D eigenvalue weighted by Gasteiger charge is -2.16. The van der Waals surface area contributed by atoms with Crippen molar-refractivity contribution < 1.29 is 0 Å². The number of anilines is 1. The molecule has 0 radical (unpaired) electrons. The summed E-state index contributed by atoms with van der Waals surface area (Å²) in [5.74, 6) is 0. The molecule has 0 unspecified atom stereocenters. The topological polar surface area (TPSA) is 33.1 Å². The molecule has 0 spiro atoms. The molecule has 0 aliphatic heterocycles. The van der Waals surface area contributed by atoms with Gasteiger partial charge in [0.25, 0.3) is 0 Å². The Bertz CT molecular complexity index is 431. The highest BCUT2D eigenvalue weighted by Gasteiger charge is 2.07. The highest BCUT2D eigenvalue weighted by Crippen LogP contribution is 2.22. The van der Waals surface area contributed by atoms with Gasteiger partial charge in [0.1, 0.15) is 0 Å². The SMILES string of the molecule is CCN(CC)c1ncc(CNn2cccc2)s1. The monoisotopic (exact) mass is 250 g/mol. The van der Waals surface area contributed by atoms with Crippen LogP contribution in [-0.2, 0) is 6.54 Å². The molecule has 2 heterocycles. The summed E-state index contributed by atoms with van der Waals surface area (Å²) in [5, 5.41) is 1.11. The predicted molar refractivity (Wildman–Crippen MR) is 73.2 cm³/mol. The zero-order valence-electron chi connectivity index (χ0n) is 10.3. The van der Waals surface area contributed by atoms with Gasteiger partial charge in [-0.05, 0) is 26.0 Å². The van der Waals surface area contributed by atoms with E-state index in [-0.39, 0.29) is 0 Å². The van der Waals surface area contributed by atoms with Crippen LogP contribution in [0.5, 0.6) is 0 Å². The maximum absolute atomic E-state index is 4.45. The van der Waals surface area contributed by atoms with Crippen molar-refractivity contribution in [2.45, 2.75) is 20.4 Å². The van der Waals surface area contributed by atoms with Gasteiger partial charge in [-0.15, -0.1) is 11.3 Å². The third-order valence-corrected chi connectivity index (χ3v) is 3.67. The fourth-order valence-electron chi connectivity index (χ4n) is 1.63. The normalized spacial score (nSPS) is 10.5. The molecular formula is C12H18N4S. The van der Waals surface area contributed by atoms with Crippen LogP contribution in [0.2, 0.25) is 0 Å². The molecule has 2 rings (SSSR count). The van der Waals surface area contributed by atoms with E-state index in [1.165, 1.54) is 4.88 Å². The van der Waals surface area contributed by atoms with Crippen LogP contribution in [0.1, 0.15) is 18.7 Å². The van der Waals surface area contributed by atoms with E-state index < -0.39 is 0 Å². The van der Waals surface area contributed by atoms with Gasteiger partial charge >= 0.3 is 0 Å². The van der Waals surface area contributed by atoms with Crippen LogP contribution in [0, 0.1) is 0 Å². The standard InChI is InChI=1S/C12H18N4S/c1-3-15(4-2)12-13-9-11(17-12)10-14-16-7-5-6-8-16/h5-9,14H,3-4,10H2,1-2H3. The Balaban J connectivity index is 1.94. The second-order valence-electron chi connectivity index (χ2n) is 3.71. The first-order valence-corrected chi connectivity index (χ1v) is 6.71. The molecule has 17 heavy (non-hydrogen) atoms. The zero-order chi connectivity index (χ0) is 12.1. The smallest absolute Gasteiger partial charge is 0.185 e. The second kappa shape index (κ2) is 5.72. The molecule has 4 nitrogen and oxygen atoms in total. The van der Waals surface area contributed by atoms with E-state index in [1.807, 2.05) is 35.4 Å². The van der Waals surface area contributed by atoms with Gasteiger partial charge in [-0.25, -0.2) is 4.98 Å². The van der Waals surface area contributed by atoms with Crippen LogP contribution < -0.4 is 10.3 Å². The number of nitrogens with zero attached hydrogens (tertiary/aromatic N) is 3. The highest BCUT2D eigenvalue weighted by molar-refractivity contribution is 7.15. The Morgan fingerprint density at radius 1 is 1.29 bits per heavy atom. The zero-order valence-corrected chi connectivity index (χ0v) is 11.1. The second-order valence-corrected chi connectivity index (χ2v) is 4.80.